The maximum absolute atomic E-state index is 5.00. The van der Waals surface area contributed by atoms with E-state index >= 15 is 0 Å². The van der Waals surface area contributed by atoms with E-state index in [-0.39, 0.29) is 0 Å². The Kier molecular flexibility index (Phi) is 5.02. The largest absolute Gasteiger partial charge is 0.467 e. The molecule has 3 heterocycles. The summed E-state index contributed by atoms with van der Waals surface area (Å²) in [6.45, 7) is 7.16. The zero-order chi connectivity index (χ0) is 16.1. The summed E-state index contributed by atoms with van der Waals surface area (Å²) in [4.78, 5) is 17.5. The average molecular weight is 313 g/mol. The van der Waals surface area contributed by atoms with Gasteiger partial charge in [0.25, 0.3) is 0 Å². The van der Waals surface area contributed by atoms with Crippen molar-refractivity contribution in [2.75, 3.05) is 38.2 Å². The van der Waals surface area contributed by atoms with Gasteiger partial charge in [0.2, 0.25) is 0 Å². The second kappa shape index (κ2) is 7.37. The molecule has 3 rings (SSSR count). The molecule has 2 aromatic rings. The van der Waals surface area contributed by atoms with Gasteiger partial charge in [-0.25, -0.2) is 9.97 Å². The molecule has 1 aliphatic rings. The third kappa shape index (κ3) is 4.16. The first-order valence-electron chi connectivity index (χ1n) is 7.99. The van der Waals surface area contributed by atoms with Gasteiger partial charge in [0.15, 0.2) is 0 Å². The molecule has 0 unspecified atom stereocenters. The lowest BCUT2D eigenvalue weighted by molar-refractivity contribution is 0.284. The Bertz CT molecular complexity index is 631. The zero-order valence-electron chi connectivity index (χ0n) is 13.8. The highest BCUT2D eigenvalue weighted by Crippen LogP contribution is 2.17. The first-order chi connectivity index (χ1) is 11.2. The molecule has 6 heteroatoms. The second-order valence-electron chi connectivity index (χ2n) is 5.85. The highest BCUT2D eigenvalue weighted by Gasteiger charge is 2.16. The summed E-state index contributed by atoms with van der Waals surface area (Å²) in [7, 11) is 1.58. The van der Waals surface area contributed by atoms with Gasteiger partial charge in [0.05, 0.1) is 7.11 Å². The summed E-state index contributed by atoms with van der Waals surface area (Å²) >= 11 is 0. The molecule has 23 heavy (non-hydrogen) atoms. The lowest BCUT2D eigenvalue weighted by Crippen LogP contribution is -2.30. The highest BCUT2D eigenvalue weighted by molar-refractivity contribution is 5.46. The third-order valence-corrected chi connectivity index (χ3v) is 4.10. The van der Waals surface area contributed by atoms with Crippen molar-refractivity contribution in [3.05, 3.63) is 42.0 Å². The SMILES string of the molecule is COc1ncc(CN2CCCN(c3ccnc(C)c3)CC2)cn1. The molecule has 122 valence electrons. The number of hydrogen-bond donors (Lipinski definition) is 0. The molecule has 0 N–H and O–H groups in total. The van der Waals surface area contributed by atoms with Crippen LogP contribution in [0.5, 0.6) is 6.01 Å². The van der Waals surface area contributed by atoms with Crippen LogP contribution in [-0.4, -0.2) is 53.1 Å². The third-order valence-electron chi connectivity index (χ3n) is 4.10. The summed E-state index contributed by atoms with van der Waals surface area (Å²) in [5.74, 6) is 0. The number of pyridine rings is 1. The molecule has 1 saturated heterocycles. The van der Waals surface area contributed by atoms with Crippen molar-refractivity contribution in [3.8, 4) is 6.01 Å². The normalized spacial score (nSPS) is 16.2. The molecule has 0 atom stereocenters. The summed E-state index contributed by atoms with van der Waals surface area (Å²) in [5.41, 5.74) is 3.46. The van der Waals surface area contributed by atoms with Crippen LogP contribution in [-0.2, 0) is 6.54 Å². The standard InChI is InChI=1S/C17H23N5O/c1-14-10-16(4-5-18-14)22-7-3-6-21(8-9-22)13-15-11-19-17(23-2)20-12-15/h4-5,10-12H,3,6-9,13H2,1-2H3. The summed E-state index contributed by atoms with van der Waals surface area (Å²) < 4.78 is 5.00. The van der Waals surface area contributed by atoms with Gasteiger partial charge in [-0.2, -0.15) is 0 Å². The molecule has 0 aliphatic carbocycles. The van der Waals surface area contributed by atoms with E-state index in [1.807, 2.05) is 25.5 Å². The molecule has 0 saturated carbocycles. The average Bonchev–Trinajstić information content (AvgIpc) is 2.81. The van der Waals surface area contributed by atoms with E-state index in [0.29, 0.717) is 6.01 Å². The quantitative estimate of drug-likeness (QED) is 0.859. The molecule has 1 aliphatic heterocycles. The van der Waals surface area contributed by atoms with Crippen LogP contribution < -0.4 is 9.64 Å². The van der Waals surface area contributed by atoms with Crippen LogP contribution in [0.4, 0.5) is 5.69 Å². The van der Waals surface area contributed by atoms with E-state index in [4.69, 9.17) is 4.74 Å². The maximum atomic E-state index is 5.00. The van der Waals surface area contributed by atoms with Crippen molar-refractivity contribution < 1.29 is 4.74 Å². The minimum absolute atomic E-state index is 0.420. The summed E-state index contributed by atoms with van der Waals surface area (Å²) in [6, 6.07) is 4.68. The predicted octanol–water partition coefficient (Wildman–Crippen LogP) is 1.90. The number of aryl methyl sites for hydroxylation is 1. The molecule has 0 radical (unpaired) electrons. The van der Waals surface area contributed by atoms with Gasteiger partial charge < -0.3 is 9.64 Å². The lowest BCUT2D eigenvalue weighted by Gasteiger charge is -2.23. The molecule has 6 nitrogen and oxygen atoms in total. The number of rotatable bonds is 4. The Morgan fingerprint density at radius 1 is 1.09 bits per heavy atom. The van der Waals surface area contributed by atoms with Gasteiger partial charge in [-0.05, 0) is 25.5 Å². The number of anilines is 1. The van der Waals surface area contributed by atoms with Crippen molar-refractivity contribution >= 4 is 5.69 Å². The topological polar surface area (TPSA) is 54.4 Å². The molecule has 1 fully saturated rings. The van der Waals surface area contributed by atoms with E-state index in [0.717, 1.165) is 50.4 Å². The fourth-order valence-corrected chi connectivity index (χ4v) is 2.90. The Labute approximate surface area is 137 Å². The fraction of sp³-hybridized carbons (Fsp3) is 0.471. The Balaban J connectivity index is 1.59. The van der Waals surface area contributed by atoms with Crippen molar-refractivity contribution in [2.45, 2.75) is 19.9 Å². The number of aromatic nitrogens is 3. The Morgan fingerprint density at radius 2 is 1.91 bits per heavy atom. The van der Waals surface area contributed by atoms with Crippen LogP contribution >= 0.6 is 0 Å². The van der Waals surface area contributed by atoms with Gasteiger partial charge in [-0.3, -0.25) is 9.88 Å². The maximum Gasteiger partial charge on any atom is 0.316 e. The summed E-state index contributed by atoms with van der Waals surface area (Å²) in [6.07, 6.45) is 6.74. The fourth-order valence-electron chi connectivity index (χ4n) is 2.90. The second-order valence-corrected chi connectivity index (χ2v) is 5.85. The highest BCUT2D eigenvalue weighted by atomic mass is 16.5. The van der Waals surface area contributed by atoms with Gasteiger partial charge >= 0.3 is 6.01 Å². The van der Waals surface area contributed by atoms with Crippen LogP contribution in [0, 0.1) is 6.92 Å². The van der Waals surface area contributed by atoms with Gasteiger partial charge in [0, 0.05) is 68.3 Å². The first-order valence-corrected chi connectivity index (χ1v) is 7.99. The van der Waals surface area contributed by atoms with Crippen molar-refractivity contribution in [1.29, 1.82) is 0 Å². The van der Waals surface area contributed by atoms with Crippen molar-refractivity contribution in [2.24, 2.45) is 0 Å². The van der Waals surface area contributed by atoms with Crippen LogP contribution in [0.2, 0.25) is 0 Å². The zero-order valence-corrected chi connectivity index (χ0v) is 13.8. The van der Waals surface area contributed by atoms with Gasteiger partial charge in [-0.15, -0.1) is 0 Å². The molecular formula is C17H23N5O. The predicted molar refractivity (Wildman–Crippen MR) is 89.7 cm³/mol. The number of ether oxygens (including phenoxy) is 1. The number of methoxy groups -OCH3 is 1. The van der Waals surface area contributed by atoms with E-state index < -0.39 is 0 Å². The van der Waals surface area contributed by atoms with Crippen LogP contribution in [0.1, 0.15) is 17.7 Å². The molecule has 0 aromatic carbocycles. The van der Waals surface area contributed by atoms with Gasteiger partial charge in [0.1, 0.15) is 0 Å². The van der Waals surface area contributed by atoms with E-state index in [2.05, 4.69) is 36.9 Å². The number of nitrogens with zero attached hydrogens (tertiary/aromatic N) is 5. The van der Waals surface area contributed by atoms with Crippen LogP contribution in [0.3, 0.4) is 0 Å². The van der Waals surface area contributed by atoms with Crippen molar-refractivity contribution in [1.82, 2.24) is 19.9 Å². The Morgan fingerprint density at radius 3 is 2.65 bits per heavy atom. The van der Waals surface area contributed by atoms with E-state index in [1.165, 1.54) is 5.69 Å². The van der Waals surface area contributed by atoms with E-state index in [1.54, 1.807) is 7.11 Å². The minimum Gasteiger partial charge on any atom is -0.467 e. The first kappa shape index (κ1) is 15.7. The van der Waals surface area contributed by atoms with Crippen LogP contribution in [0.15, 0.2) is 30.7 Å². The molecule has 0 spiro atoms. The van der Waals surface area contributed by atoms with Gasteiger partial charge in [-0.1, -0.05) is 0 Å². The number of hydrogen-bond acceptors (Lipinski definition) is 6. The lowest BCUT2D eigenvalue weighted by atomic mass is 10.3. The molecular weight excluding hydrogens is 290 g/mol. The molecule has 0 bridgehead atoms. The minimum atomic E-state index is 0.420. The van der Waals surface area contributed by atoms with Crippen LogP contribution in [0.25, 0.3) is 0 Å². The molecule has 0 amide bonds. The van der Waals surface area contributed by atoms with Crippen molar-refractivity contribution in [3.63, 3.8) is 0 Å². The Hall–Kier alpha value is -2.21. The smallest absolute Gasteiger partial charge is 0.316 e. The summed E-state index contributed by atoms with van der Waals surface area (Å²) in [5, 5.41) is 0. The molecule has 2 aromatic heterocycles. The van der Waals surface area contributed by atoms with E-state index in [9.17, 15) is 0 Å². The monoisotopic (exact) mass is 313 g/mol.